The topological polar surface area (TPSA) is 30.2 Å². The Morgan fingerprint density at radius 3 is 2.35 bits per heavy atom. The molecule has 0 aliphatic rings. The van der Waals surface area contributed by atoms with Crippen LogP contribution in [0, 0.1) is 11.6 Å². The Morgan fingerprint density at radius 2 is 1.70 bits per heavy atom. The third-order valence-corrected chi connectivity index (χ3v) is 3.21. The first-order chi connectivity index (χ1) is 9.58. The standard InChI is InChI=1S/C15H7ClF2O2/c16-9-4-1-3-8-7-12(20-15(8)9)14(19)13-10(17)5-2-6-11(13)18/h1-7H. The predicted molar refractivity (Wildman–Crippen MR) is 71.0 cm³/mol. The zero-order valence-corrected chi connectivity index (χ0v) is 10.7. The molecule has 0 bridgehead atoms. The van der Waals surface area contributed by atoms with E-state index in [4.69, 9.17) is 16.0 Å². The third-order valence-electron chi connectivity index (χ3n) is 2.91. The van der Waals surface area contributed by atoms with Crippen LogP contribution in [-0.4, -0.2) is 5.78 Å². The molecule has 0 saturated heterocycles. The first-order valence-electron chi connectivity index (χ1n) is 5.74. The summed E-state index contributed by atoms with van der Waals surface area (Å²) in [6.45, 7) is 0. The number of halogens is 3. The molecule has 3 rings (SSSR count). The molecule has 2 aromatic carbocycles. The molecular weight excluding hydrogens is 286 g/mol. The Bertz CT molecular complexity index is 804. The van der Waals surface area contributed by atoms with E-state index in [-0.39, 0.29) is 5.76 Å². The average Bonchev–Trinajstić information content (AvgIpc) is 2.84. The highest BCUT2D eigenvalue weighted by atomic mass is 35.5. The van der Waals surface area contributed by atoms with E-state index < -0.39 is 23.0 Å². The molecule has 0 fully saturated rings. The van der Waals surface area contributed by atoms with Crippen LogP contribution in [0.15, 0.2) is 46.9 Å². The van der Waals surface area contributed by atoms with Crippen molar-refractivity contribution in [2.75, 3.05) is 0 Å². The number of benzene rings is 2. The number of carbonyl (C=O) groups excluding carboxylic acids is 1. The third kappa shape index (κ3) is 1.98. The molecule has 0 N–H and O–H groups in total. The second-order valence-electron chi connectivity index (χ2n) is 4.19. The van der Waals surface area contributed by atoms with Crippen LogP contribution in [0.2, 0.25) is 5.02 Å². The Kier molecular flexibility index (Phi) is 3.03. The highest BCUT2D eigenvalue weighted by Gasteiger charge is 2.22. The lowest BCUT2D eigenvalue weighted by Gasteiger charge is -2.01. The fraction of sp³-hybridized carbons (Fsp3) is 0. The van der Waals surface area contributed by atoms with Crippen molar-refractivity contribution < 1.29 is 18.0 Å². The van der Waals surface area contributed by atoms with Gasteiger partial charge in [0, 0.05) is 5.39 Å². The van der Waals surface area contributed by atoms with Crippen molar-refractivity contribution in [2.24, 2.45) is 0 Å². The zero-order chi connectivity index (χ0) is 14.3. The molecule has 0 aliphatic carbocycles. The van der Waals surface area contributed by atoms with Gasteiger partial charge in [-0.2, -0.15) is 0 Å². The molecule has 20 heavy (non-hydrogen) atoms. The first-order valence-corrected chi connectivity index (χ1v) is 6.12. The first kappa shape index (κ1) is 12.8. The lowest BCUT2D eigenvalue weighted by atomic mass is 10.1. The maximum atomic E-state index is 13.6. The van der Waals surface area contributed by atoms with Crippen molar-refractivity contribution in [3.05, 3.63) is 70.4 Å². The molecule has 0 amide bonds. The van der Waals surface area contributed by atoms with Gasteiger partial charge in [-0.1, -0.05) is 29.8 Å². The highest BCUT2D eigenvalue weighted by molar-refractivity contribution is 6.35. The van der Waals surface area contributed by atoms with E-state index in [2.05, 4.69) is 0 Å². The summed E-state index contributed by atoms with van der Waals surface area (Å²) in [5, 5.41) is 0.924. The van der Waals surface area contributed by atoms with Crippen LogP contribution < -0.4 is 0 Å². The van der Waals surface area contributed by atoms with E-state index in [9.17, 15) is 13.6 Å². The van der Waals surface area contributed by atoms with Gasteiger partial charge in [-0.05, 0) is 24.3 Å². The smallest absolute Gasteiger partial charge is 0.234 e. The van der Waals surface area contributed by atoms with Gasteiger partial charge in [0.2, 0.25) is 5.78 Å². The fourth-order valence-electron chi connectivity index (χ4n) is 1.98. The van der Waals surface area contributed by atoms with Crippen molar-refractivity contribution in [1.29, 1.82) is 0 Å². The molecule has 0 radical (unpaired) electrons. The van der Waals surface area contributed by atoms with Crippen LogP contribution in [0.25, 0.3) is 11.0 Å². The quantitative estimate of drug-likeness (QED) is 0.646. The molecule has 1 aromatic heterocycles. The Hall–Kier alpha value is -2.20. The summed E-state index contributed by atoms with van der Waals surface area (Å²) >= 11 is 5.93. The van der Waals surface area contributed by atoms with Gasteiger partial charge in [0.25, 0.3) is 0 Å². The number of para-hydroxylation sites is 1. The molecule has 0 atom stereocenters. The summed E-state index contributed by atoms with van der Waals surface area (Å²) in [6, 6.07) is 9.63. The van der Waals surface area contributed by atoms with E-state index in [0.29, 0.717) is 16.0 Å². The lowest BCUT2D eigenvalue weighted by molar-refractivity contribution is 0.100. The summed E-state index contributed by atoms with van der Waals surface area (Å²) in [6.07, 6.45) is 0. The number of ketones is 1. The van der Waals surface area contributed by atoms with E-state index in [1.165, 1.54) is 12.1 Å². The van der Waals surface area contributed by atoms with Gasteiger partial charge < -0.3 is 4.42 Å². The molecule has 2 nitrogen and oxygen atoms in total. The number of hydrogen-bond acceptors (Lipinski definition) is 2. The van der Waals surface area contributed by atoms with Crippen molar-refractivity contribution in [1.82, 2.24) is 0 Å². The molecule has 1 heterocycles. The van der Waals surface area contributed by atoms with Gasteiger partial charge in [0.15, 0.2) is 11.3 Å². The van der Waals surface area contributed by atoms with Crippen LogP contribution in [0.4, 0.5) is 8.78 Å². The SMILES string of the molecule is O=C(c1cc2cccc(Cl)c2o1)c1c(F)cccc1F. The minimum atomic E-state index is -0.929. The molecule has 0 saturated carbocycles. The molecule has 0 unspecified atom stereocenters. The molecule has 0 aliphatic heterocycles. The zero-order valence-electron chi connectivity index (χ0n) is 9.99. The Balaban J connectivity index is 2.16. The maximum Gasteiger partial charge on any atom is 0.234 e. The summed E-state index contributed by atoms with van der Waals surface area (Å²) in [7, 11) is 0. The minimum Gasteiger partial charge on any atom is -0.451 e. The second-order valence-corrected chi connectivity index (χ2v) is 4.60. The van der Waals surface area contributed by atoms with Gasteiger partial charge >= 0.3 is 0 Å². The summed E-state index contributed by atoms with van der Waals surface area (Å²) < 4.78 is 32.5. The molecule has 5 heteroatoms. The van der Waals surface area contributed by atoms with Crippen LogP contribution in [-0.2, 0) is 0 Å². The van der Waals surface area contributed by atoms with Crippen molar-refractivity contribution in [2.45, 2.75) is 0 Å². The highest BCUT2D eigenvalue weighted by Crippen LogP contribution is 2.28. The van der Waals surface area contributed by atoms with Crippen molar-refractivity contribution >= 4 is 28.4 Å². The number of fused-ring (bicyclic) bond motifs is 1. The summed E-state index contributed by atoms with van der Waals surface area (Å²) in [5.74, 6) is -2.87. The lowest BCUT2D eigenvalue weighted by Crippen LogP contribution is -2.06. The summed E-state index contributed by atoms with van der Waals surface area (Å²) in [5.41, 5.74) is -0.322. The van der Waals surface area contributed by atoms with Crippen molar-refractivity contribution in [3.63, 3.8) is 0 Å². The van der Waals surface area contributed by atoms with E-state index in [1.807, 2.05) is 0 Å². The fourth-order valence-corrected chi connectivity index (χ4v) is 2.20. The van der Waals surface area contributed by atoms with E-state index in [0.717, 1.165) is 12.1 Å². The van der Waals surface area contributed by atoms with Gasteiger partial charge in [-0.15, -0.1) is 0 Å². The largest absolute Gasteiger partial charge is 0.451 e. The number of rotatable bonds is 2. The van der Waals surface area contributed by atoms with Crippen molar-refractivity contribution in [3.8, 4) is 0 Å². The number of hydrogen-bond donors (Lipinski definition) is 0. The average molecular weight is 293 g/mol. The molecule has 0 spiro atoms. The van der Waals surface area contributed by atoms with Crippen LogP contribution >= 0.6 is 11.6 Å². The Morgan fingerprint density at radius 1 is 1.05 bits per heavy atom. The Labute approximate surface area is 117 Å². The minimum absolute atomic E-state index is 0.155. The van der Waals surface area contributed by atoms with Gasteiger partial charge in [-0.25, -0.2) is 8.78 Å². The monoisotopic (exact) mass is 292 g/mol. The second kappa shape index (κ2) is 4.72. The van der Waals surface area contributed by atoms with Crippen LogP contribution in [0.1, 0.15) is 16.1 Å². The summed E-state index contributed by atoms with van der Waals surface area (Å²) in [4.78, 5) is 12.2. The van der Waals surface area contributed by atoms with E-state index in [1.54, 1.807) is 18.2 Å². The number of carbonyl (C=O) groups is 1. The number of furan rings is 1. The molecule has 3 aromatic rings. The molecular formula is C15H7ClF2O2. The van der Waals surface area contributed by atoms with Crippen LogP contribution in [0.5, 0.6) is 0 Å². The molecule has 100 valence electrons. The predicted octanol–water partition coefficient (Wildman–Crippen LogP) is 4.60. The maximum absolute atomic E-state index is 13.6. The normalized spacial score (nSPS) is 10.9. The van der Waals surface area contributed by atoms with Gasteiger partial charge in [0.1, 0.15) is 11.6 Å². The van der Waals surface area contributed by atoms with E-state index >= 15 is 0 Å². The van der Waals surface area contributed by atoms with Gasteiger partial charge in [-0.3, -0.25) is 4.79 Å². The van der Waals surface area contributed by atoms with Crippen LogP contribution in [0.3, 0.4) is 0 Å². The van der Waals surface area contributed by atoms with Gasteiger partial charge in [0.05, 0.1) is 10.6 Å².